The van der Waals surface area contributed by atoms with Crippen LogP contribution >= 0.6 is 11.3 Å². The molecule has 0 amide bonds. The molecule has 2 heteroatoms. The normalized spacial score (nSPS) is 25.6. The largest absolute Gasteiger partial charge is 0.313 e. The third-order valence-electron chi connectivity index (χ3n) is 13.1. The van der Waals surface area contributed by atoms with Crippen molar-refractivity contribution in [2.75, 3.05) is 4.90 Å². The van der Waals surface area contributed by atoms with E-state index in [1.54, 1.807) is 5.57 Å². The average Bonchev–Trinajstić information content (AvgIpc) is 3.68. The van der Waals surface area contributed by atoms with E-state index in [0.717, 1.165) is 44.9 Å². The van der Waals surface area contributed by atoms with E-state index in [4.69, 9.17) is 0 Å². The predicted octanol–water partition coefficient (Wildman–Crippen LogP) is 13.4. The van der Waals surface area contributed by atoms with Gasteiger partial charge in [0.25, 0.3) is 0 Å². The van der Waals surface area contributed by atoms with Crippen molar-refractivity contribution in [2.24, 2.45) is 17.8 Å². The highest BCUT2D eigenvalue weighted by atomic mass is 32.1. The van der Waals surface area contributed by atoms with E-state index in [0.29, 0.717) is 23.7 Å². The molecule has 56 heavy (non-hydrogen) atoms. The van der Waals surface area contributed by atoms with Crippen molar-refractivity contribution in [2.45, 2.75) is 83.0 Å². The van der Waals surface area contributed by atoms with Crippen molar-refractivity contribution in [3.63, 3.8) is 0 Å². The van der Waals surface area contributed by atoms with E-state index < -0.39 is 0 Å². The lowest BCUT2D eigenvalue weighted by molar-refractivity contribution is 0.471. The maximum absolute atomic E-state index is 2.63. The monoisotopic (exact) mass is 747 g/mol. The van der Waals surface area contributed by atoms with E-state index in [-0.39, 0.29) is 0 Å². The van der Waals surface area contributed by atoms with Crippen LogP contribution in [0.1, 0.15) is 94.1 Å². The van der Waals surface area contributed by atoms with Crippen LogP contribution in [0.2, 0.25) is 0 Å². The summed E-state index contributed by atoms with van der Waals surface area (Å²) in [6.45, 7) is 0. The summed E-state index contributed by atoms with van der Waals surface area (Å²) in [5.41, 5.74) is 12.7. The van der Waals surface area contributed by atoms with Crippen LogP contribution in [0, 0.1) is 17.8 Å². The number of rotatable bonds is 8. The molecule has 4 atom stereocenters. The third-order valence-corrected chi connectivity index (χ3v) is 14.3. The van der Waals surface area contributed by atoms with Gasteiger partial charge in [0.1, 0.15) is 0 Å². The van der Waals surface area contributed by atoms with Crippen molar-refractivity contribution in [1.29, 1.82) is 0 Å². The average molecular weight is 748 g/mol. The standard InChI is InChI=1S/C54H53NS/c1-4-14-38(15-5-1)43-20-10-22-45(36-43)40-28-32-47(33-29-40)55(48-34-30-41(31-35-48)46-23-11-21-44(37-46)39-16-6-2-7-17-39)51-26-12-25-50-53-49(42-18-8-3-9-19-42)24-13-27-52(53)56-54(50)51/h1,4-6,8,10,13-14,16-19,22,24-25,27-28,30-38,40,43,46H,2-3,7,9,11-12,15,20-21,23,26,29H2. The molecule has 1 aromatic heterocycles. The zero-order valence-corrected chi connectivity index (χ0v) is 33.4. The van der Waals surface area contributed by atoms with Crippen molar-refractivity contribution < 1.29 is 0 Å². The number of benzene rings is 2. The fraction of sp³-hybridized carbons (Fsp3) is 0.296. The van der Waals surface area contributed by atoms with Gasteiger partial charge in [0.15, 0.2) is 0 Å². The summed E-state index contributed by atoms with van der Waals surface area (Å²) in [5, 5.41) is 2.87. The molecule has 0 aliphatic heterocycles. The smallest absolute Gasteiger partial charge is 0.0551 e. The molecule has 0 saturated heterocycles. The van der Waals surface area contributed by atoms with Gasteiger partial charge in [-0.3, -0.25) is 0 Å². The van der Waals surface area contributed by atoms with Gasteiger partial charge in [-0.15, -0.1) is 11.3 Å². The van der Waals surface area contributed by atoms with Gasteiger partial charge < -0.3 is 4.90 Å². The summed E-state index contributed by atoms with van der Waals surface area (Å²) in [4.78, 5) is 2.63. The van der Waals surface area contributed by atoms with Crippen molar-refractivity contribution in [3.05, 3.63) is 189 Å². The van der Waals surface area contributed by atoms with Crippen molar-refractivity contribution >= 4 is 44.5 Å². The Hall–Kier alpha value is -4.92. The van der Waals surface area contributed by atoms with Gasteiger partial charge in [-0.25, -0.2) is 0 Å². The Kier molecular flexibility index (Phi) is 10.1. The molecular formula is C54H53NS. The molecule has 0 fully saturated rings. The number of thiophene rings is 1. The molecule has 4 unspecified atom stereocenters. The molecule has 0 N–H and O–H groups in total. The second-order valence-electron chi connectivity index (χ2n) is 16.6. The Morgan fingerprint density at radius 3 is 2.27 bits per heavy atom. The lowest BCUT2D eigenvalue weighted by Crippen LogP contribution is -2.34. The van der Waals surface area contributed by atoms with Crippen LogP contribution < -0.4 is 14.7 Å². The van der Waals surface area contributed by atoms with Crippen LogP contribution in [0.15, 0.2) is 168 Å². The second kappa shape index (κ2) is 15.9. The van der Waals surface area contributed by atoms with Crippen LogP contribution in [0.3, 0.4) is 0 Å². The minimum atomic E-state index is 0.413. The fourth-order valence-corrected chi connectivity index (χ4v) is 11.4. The number of nitrogens with zero attached hydrogens (tertiary/aromatic N) is 1. The van der Waals surface area contributed by atoms with Crippen LogP contribution in [0.25, 0.3) is 27.4 Å². The maximum Gasteiger partial charge on any atom is 0.0551 e. The maximum atomic E-state index is 2.63. The molecule has 280 valence electrons. The molecule has 0 bridgehead atoms. The first kappa shape index (κ1) is 35.5. The van der Waals surface area contributed by atoms with Gasteiger partial charge in [-0.2, -0.15) is 0 Å². The second-order valence-corrected chi connectivity index (χ2v) is 17.7. The van der Waals surface area contributed by atoms with Crippen LogP contribution in [-0.2, 0) is 0 Å². The molecule has 7 aliphatic carbocycles. The van der Waals surface area contributed by atoms with E-state index in [9.17, 15) is 0 Å². The van der Waals surface area contributed by atoms with Crippen LogP contribution in [-0.4, -0.2) is 0 Å². The van der Waals surface area contributed by atoms with Crippen molar-refractivity contribution in [1.82, 2.24) is 0 Å². The zero-order valence-electron chi connectivity index (χ0n) is 32.6. The number of hydrogen-bond donors (Lipinski definition) is 0. The number of allylic oxidation sites excluding steroid dienone is 21. The Morgan fingerprint density at radius 2 is 1.48 bits per heavy atom. The van der Waals surface area contributed by atoms with Gasteiger partial charge >= 0.3 is 0 Å². The molecular weight excluding hydrogens is 695 g/mol. The Morgan fingerprint density at radius 1 is 0.625 bits per heavy atom. The quantitative estimate of drug-likeness (QED) is 0.222. The topological polar surface area (TPSA) is 3.24 Å². The lowest BCUT2D eigenvalue weighted by Gasteiger charge is -2.33. The molecule has 2 aromatic carbocycles. The highest BCUT2D eigenvalue weighted by Gasteiger charge is 2.26. The van der Waals surface area contributed by atoms with Gasteiger partial charge in [0.2, 0.25) is 0 Å². The molecule has 0 radical (unpaired) electrons. The highest BCUT2D eigenvalue weighted by molar-refractivity contribution is 7.17. The Balaban J connectivity index is 1.03. The van der Waals surface area contributed by atoms with E-state index in [1.165, 1.54) is 96.9 Å². The van der Waals surface area contributed by atoms with Gasteiger partial charge in [0.05, 0.1) is 4.53 Å². The minimum absolute atomic E-state index is 0.413. The van der Waals surface area contributed by atoms with Crippen molar-refractivity contribution in [3.8, 4) is 0 Å². The molecule has 1 heterocycles. The fourth-order valence-electron chi connectivity index (χ4n) is 10.1. The Labute approximate surface area is 337 Å². The molecule has 0 saturated carbocycles. The zero-order chi connectivity index (χ0) is 37.3. The number of hydrogen-bond acceptors (Lipinski definition) is 2. The van der Waals surface area contributed by atoms with Gasteiger partial charge in [0, 0.05) is 39.0 Å². The molecule has 7 aliphatic rings. The van der Waals surface area contributed by atoms with E-state index in [2.05, 4.69) is 157 Å². The van der Waals surface area contributed by atoms with E-state index >= 15 is 0 Å². The summed E-state index contributed by atoms with van der Waals surface area (Å²) >= 11 is 1.99. The summed E-state index contributed by atoms with van der Waals surface area (Å²) in [7, 11) is 0. The molecule has 3 aromatic rings. The number of fused-ring (bicyclic) bond motifs is 3. The molecule has 0 spiro atoms. The number of anilines is 1. The minimum Gasteiger partial charge on any atom is -0.313 e. The summed E-state index contributed by atoms with van der Waals surface area (Å²) in [5.74, 6) is 2.08. The summed E-state index contributed by atoms with van der Waals surface area (Å²) in [6, 6.07) is 16.6. The van der Waals surface area contributed by atoms with Crippen LogP contribution in [0.5, 0.6) is 0 Å². The van der Waals surface area contributed by atoms with E-state index in [1.807, 2.05) is 11.3 Å². The highest BCUT2D eigenvalue weighted by Crippen LogP contribution is 2.40. The first-order valence-corrected chi connectivity index (χ1v) is 22.3. The predicted molar refractivity (Wildman–Crippen MR) is 242 cm³/mol. The van der Waals surface area contributed by atoms with Gasteiger partial charge in [-0.1, -0.05) is 128 Å². The van der Waals surface area contributed by atoms with Crippen LogP contribution in [0.4, 0.5) is 5.69 Å². The summed E-state index contributed by atoms with van der Waals surface area (Å²) < 4.78 is 2.83. The lowest BCUT2D eigenvalue weighted by atomic mass is 9.78. The SMILES string of the molecule is C1=CCC(C2C=C(C3C=CC(N(C4=c5sc6cccc(C7=CCCC=C7)c6c5=CCC4)c4ccc(C5C=C(C6=CCCC=C6)CCC5)cc4)=CC3)C=CC2)C=C1. The summed E-state index contributed by atoms with van der Waals surface area (Å²) in [6.07, 6.45) is 57.1. The molecule has 10 rings (SSSR count). The third kappa shape index (κ3) is 7.03. The van der Waals surface area contributed by atoms with Gasteiger partial charge in [-0.05, 0) is 152 Å². The first-order chi connectivity index (χ1) is 27.8. The molecule has 1 nitrogen and oxygen atoms in total. The first-order valence-electron chi connectivity index (χ1n) is 21.5. The Bertz CT molecular complexity index is 2490.